The molecule has 0 heterocycles. The van der Waals surface area contributed by atoms with Gasteiger partial charge in [-0.1, -0.05) is 36.5 Å². The van der Waals surface area contributed by atoms with Crippen molar-refractivity contribution in [1.29, 1.82) is 0 Å². The highest BCUT2D eigenvalue weighted by molar-refractivity contribution is 5.71. The van der Waals surface area contributed by atoms with Crippen LogP contribution in [-0.2, 0) is 0 Å². The second kappa shape index (κ2) is 2.97. The number of benzene rings is 1. The lowest BCUT2D eigenvalue weighted by Gasteiger charge is -2.28. The molecular formula is C21H18. The van der Waals surface area contributed by atoms with Crippen molar-refractivity contribution in [3.8, 4) is 0 Å². The summed E-state index contributed by atoms with van der Waals surface area (Å²) in [6.45, 7) is 0. The van der Waals surface area contributed by atoms with E-state index in [1.807, 2.05) is 0 Å². The number of hydrogen-bond acceptors (Lipinski definition) is 0. The van der Waals surface area contributed by atoms with Gasteiger partial charge in [0.1, 0.15) is 0 Å². The van der Waals surface area contributed by atoms with Crippen LogP contribution >= 0.6 is 0 Å². The van der Waals surface area contributed by atoms with Crippen molar-refractivity contribution in [2.75, 3.05) is 0 Å². The van der Waals surface area contributed by atoms with Crippen LogP contribution in [0.1, 0.15) is 88.2 Å². The monoisotopic (exact) mass is 270 g/mol. The zero-order chi connectivity index (χ0) is 13.3. The number of fused-ring (bicyclic) bond motifs is 18. The van der Waals surface area contributed by atoms with Crippen molar-refractivity contribution in [3.05, 3.63) is 69.8 Å². The molecule has 0 saturated heterocycles. The van der Waals surface area contributed by atoms with Crippen LogP contribution < -0.4 is 0 Å². The van der Waals surface area contributed by atoms with Gasteiger partial charge < -0.3 is 0 Å². The predicted octanol–water partition coefficient (Wildman–Crippen LogP) is 5.11. The van der Waals surface area contributed by atoms with Crippen molar-refractivity contribution in [1.82, 2.24) is 0 Å². The molecule has 0 amide bonds. The van der Waals surface area contributed by atoms with E-state index >= 15 is 0 Å². The Morgan fingerprint density at radius 1 is 0.381 bits per heavy atom. The molecule has 6 atom stereocenters. The summed E-state index contributed by atoms with van der Waals surface area (Å²) >= 11 is 0. The van der Waals surface area contributed by atoms with Crippen LogP contribution in [0, 0.1) is 0 Å². The molecular weight excluding hydrogens is 252 g/mol. The van der Waals surface area contributed by atoms with Crippen molar-refractivity contribution in [3.63, 3.8) is 0 Å². The highest BCUT2D eigenvalue weighted by atomic mass is 14.5. The molecule has 102 valence electrons. The Balaban J connectivity index is 1.68. The highest BCUT2D eigenvalue weighted by Gasteiger charge is 2.49. The Labute approximate surface area is 125 Å². The van der Waals surface area contributed by atoms with Gasteiger partial charge in [-0.05, 0) is 52.6 Å². The van der Waals surface area contributed by atoms with Gasteiger partial charge in [-0.3, -0.25) is 0 Å². The van der Waals surface area contributed by atoms with Crippen molar-refractivity contribution >= 4 is 0 Å². The van der Waals surface area contributed by atoms with Gasteiger partial charge >= 0.3 is 0 Å². The maximum atomic E-state index is 2.51. The van der Waals surface area contributed by atoms with Crippen LogP contribution in [0.4, 0.5) is 0 Å². The number of allylic oxidation sites excluding steroid dienone is 6. The van der Waals surface area contributed by atoms with E-state index in [4.69, 9.17) is 0 Å². The predicted molar refractivity (Wildman–Crippen MR) is 84.2 cm³/mol. The molecule has 0 radical (unpaired) electrons. The van der Waals surface area contributed by atoms with E-state index in [1.54, 1.807) is 33.4 Å². The van der Waals surface area contributed by atoms with Crippen LogP contribution in [-0.4, -0.2) is 0 Å². The van der Waals surface area contributed by atoms with E-state index in [-0.39, 0.29) is 0 Å². The minimum absolute atomic E-state index is 0.750. The summed E-state index contributed by atoms with van der Waals surface area (Å²) in [5.41, 5.74) is 10.8. The Bertz CT molecular complexity index is 627. The average molecular weight is 270 g/mol. The molecule has 6 bridgehead atoms. The van der Waals surface area contributed by atoms with Gasteiger partial charge in [0.15, 0.2) is 0 Å². The van der Waals surface area contributed by atoms with E-state index in [0.29, 0.717) is 0 Å². The summed E-state index contributed by atoms with van der Waals surface area (Å²) in [5.74, 6) is 4.50. The van der Waals surface area contributed by atoms with Gasteiger partial charge in [0.05, 0.1) is 0 Å². The Morgan fingerprint density at radius 2 is 0.571 bits per heavy atom. The molecule has 21 heavy (non-hydrogen) atoms. The fraction of sp³-hybridized carbons (Fsp3) is 0.429. The lowest BCUT2D eigenvalue weighted by atomic mass is 9.76. The third-order valence-corrected chi connectivity index (χ3v) is 7.22. The standard InChI is InChI=1S/C21H18/c1-2-11-7-10(1)16-17(11)19-13-5-6-15(9-13)21(19)20-14-4-3-12(8-14)18(16)20/h1-6,10-15H,7-9H2/t10-,11+,12-,13-,14+,15+. The van der Waals surface area contributed by atoms with E-state index in [0.717, 1.165) is 35.5 Å². The lowest BCUT2D eigenvalue weighted by molar-refractivity contribution is 0.779. The first kappa shape index (κ1) is 10.2. The Kier molecular flexibility index (Phi) is 1.45. The molecule has 0 spiro atoms. The zero-order valence-electron chi connectivity index (χ0n) is 12.0. The molecule has 1 aromatic carbocycles. The summed E-state index contributed by atoms with van der Waals surface area (Å²) in [5, 5.41) is 0. The lowest BCUT2D eigenvalue weighted by Crippen LogP contribution is -2.12. The van der Waals surface area contributed by atoms with Crippen LogP contribution in [0.5, 0.6) is 0 Å². The first-order chi connectivity index (χ1) is 10.4. The van der Waals surface area contributed by atoms with Gasteiger partial charge in [0.2, 0.25) is 0 Å². The second-order valence-corrected chi connectivity index (χ2v) is 7.98. The van der Waals surface area contributed by atoms with Gasteiger partial charge in [0.25, 0.3) is 0 Å². The van der Waals surface area contributed by atoms with Gasteiger partial charge in [0, 0.05) is 35.5 Å². The quantitative estimate of drug-likeness (QED) is 0.575. The minimum Gasteiger partial charge on any atom is -0.0803 e. The fourth-order valence-corrected chi connectivity index (χ4v) is 6.65. The zero-order valence-corrected chi connectivity index (χ0v) is 12.0. The van der Waals surface area contributed by atoms with Crippen molar-refractivity contribution in [2.24, 2.45) is 0 Å². The molecule has 7 rings (SSSR count). The maximum Gasteiger partial charge on any atom is 0.00331 e. The minimum atomic E-state index is 0.750. The van der Waals surface area contributed by atoms with Gasteiger partial charge in [-0.25, -0.2) is 0 Å². The third-order valence-electron chi connectivity index (χ3n) is 7.22. The number of hydrogen-bond donors (Lipinski definition) is 0. The van der Waals surface area contributed by atoms with Crippen molar-refractivity contribution in [2.45, 2.75) is 54.8 Å². The summed E-state index contributed by atoms with van der Waals surface area (Å²) in [7, 11) is 0. The van der Waals surface area contributed by atoms with Crippen molar-refractivity contribution < 1.29 is 0 Å². The summed E-state index contributed by atoms with van der Waals surface area (Å²) in [6.07, 6.45) is 19.2. The van der Waals surface area contributed by atoms with Crippen LogP contribution in [0.3, 0.4) is 0 Å². The molecule has 0 saturated carbocycles. The number of rotatable bonds is 0. The molecule has 0 aliphatic heterocycles. The Morgan fingerprint density at radius 3 is 0.762 bits per heavy atom. The summed E-state index contributed by atoms with van der Waals surface area (Å²) in [6, 6.07) is 0. The van der Waals surface area contributed by atoms with Crippen LogP contribution in [0.2, 0.25) is 0 Å². The van der Waals surface area contributed by atoms with Gasteiger partial charge in [-0.15, -0.1) is 0 Å². The first-order valence-corrected chi connectivity index (χ1v) is 8.68. The molecule has 6 aliphatic rings. The molecule has 1 aromatic rings. The van der Waals surface area contributed by atoms with E-state index in [9.17, 15) is 0 Å². The Hall–Kier alpha value is -1.56. The molecule has 0 heteroatoms. The molecule has 6 aliphatic carbocycles. The largest absolute Gasteiger partial charge is 0.0803 e. The SMILES string of the molecule is C1=C[C@H]2C[C@@H]1c1c3c(c4c(c12)[C@@H]1C=C[C@H]4C1)[C@H]1C=C[C@@H]3C1. The second-order valence-electron chi connectivity index (χ2n) is 7.98. The summed E-state index contributed by atoms with van der Waals surface area (Å²) in [4.78, 5) is 0. The normalized spacial score (nSPS) is 44.0. The van der Waals surface area contributed by atoms with E-state index < -0.39 is 0 Å². The van der Waals surface area contributed by atoms with Gasteiger partial charge in [-0.2, -0.15) is 0 Å². The topological polar surface area (TPSA) is 0 Å². The molecule has 0 nitrogen and oxygen atoms in total. The molecule has 0 unspecified atom stereocenters. The maximum absolute atomic E-state index is 2.51. The first-order valence-electron chi connectivity index (χ1n) is 8.68. The molecule has 0 fully saturated rings. The van der Waals surface area contributed by atoms with Crippen LogP contribution in [0.25, 0.3) is 0 Å². The smallest absolute Gasteiger partial charge is 0.00331 e. The van der Waals surface area contributed by atoms with E-state index in [1.165, 1.54) is 19.3 Å². The highest BCUT2D eigenvalue weighted by Crippen LogP contribution is 2.65. The third kappa shape index (κ3) is 0.924. The average Bonchev–Trinajstić information content (AvgIpc) is 3.34. The van der Waals surface area contributed by atoms with E-state index in [2.05, 4.69) is 36.5 Å². The molecule has 0 aromatic heterocycles. The molecule has 0 N–H and O–H groups in total. The van der Waals surface area contributed by atoms with Crippen LogP contribution in [0.15, 0.2) is 36.5 Å². The summed E-state index contributed by atoms with van der Waals surface area (Å²) < 4.78 is 0. The fourth-order valence-electron chi connectivity index (χ4n) is 6.65.